The molecule has 25 heavy (non-hydrogen) atoms. The molecular weight excluding hydrogens is 312 g/mol. The maximum absolute atomic E-state index is 12.8. The molecule has 0 fully saturated rings. The summed E-state index contributed by atoms with van der Waals surface area (Å²) in [6.45, 7) is 6.91. The lowest BCUT2D eigenvalue weighted by Gasteiger charge is -2.31. The van der Waals surface area contributed by atoms with E-state index in [1.165, 1.54) is 18.1 Å². The lowest BCUT2D eigenvalue weighted by atomic mass is 10.00. The largest absolute Gasteiger partial charge is 0.336 e. The molecule has 0 spiro atoms. The summed E-state index contributed by atoms with van der Waals surface area (Å²) in [5.74, 6) is -0.125. The number of fused-ring (bicyclic) bond motifs is 1. The highest BCUT2D eigenvalue weighted by Crippen LogP contribution is 2.21. The smallest absolute Gasteiger partial charge is 0.242 e. The molecule has 2 amide bonds. The summed E-state index contributed by atoms with van der Waals surface area (Å²) in [5, 5.41) is 0. The third-order valence-electron chi connectivity index (χ3n) is 4.67. The Morgan fingerprint density at radius 1 is 1.04 bits per heavy atom. The molecule has 0 saturated carbocycles. The molecule has 0 aliphatic carbocycles. The standard InChI is InChI=1S/C21H24N2O2/c1-15-10-16(2)12-20(11-15)23(17(3)24)14-21(25)22-9-8-18-6-4-5-7-19(18)13-22/h4-7,10-12H,8-9,13-14H2,1-3H3. The Balaban J connectivity index is 1.77. The zero-order valence-corrected chi connectivity index (χ0v) is 15.1. The van der Waals surface area contributed by atoms with Gasteiger partial charge in [0.15, 0.2) is 0 Å². The van der Waals surface area contributed by atoms with E-state index >= 15 is 0 Å². The number of rotatable bonds is 3. The molecule has 0 bridgehead atoms. The molecular formula is C21H24N2O2. The Kier molecular flexibility index (Phi) is 4.88. The van der Waals surface area contributed by atoms with Crippen molar-refractivity contribution in [1.29, 1.82) is 0 Å². The van der Waals surface area contributed by atoms with Gasteiger partial charge in [-0.2, -0.15) is 0 Å². The SMILES string of the molecule is CC(=O)N(CC(=O)N1CCc2ccccc2C1)c1cc(C)cc(C)c1. The molecule has 2 aromatic carbocycles. The van der Waals surface area contributed by atoms with Gasteiger partial charge < -0.3 is 9.80 Å². The number of aryl methyl sites for hydroxylation is 2. The quantitative estimate of drug-likeness (QED) is 0.863. The van der Waals surface area contributed by atoms with E-state index in [0.29, 0.717) is 13.1 Å². The van der Waals surface area contributed by atoms with E-state index in [1.54, 1.807) is 4.90 Å². The third-order valence-corrected chi connectivity index (χ3v) is 4.67. The minimum absolute atomic E-state index is 0.0103. The molecule has 0 atom stereocenters. The zero-order valence-electron chi connectivity index (χ0n) is 15.1. The second-order valence-electron chi connectivity index (χ2n) is 6.79. The molecule has 0 aromatic heterocycles. The van der Waals surface area contributed by atoms with Gasteiger partial charge in [-0.25, -0.2) is 0 Å². The number of hydrogen-bond acceptors (Lipinski definition) is 2. The average Bonchev–Trinajstić information content (AvgIpc) is 2.57. The van der Waals surface area contributed by atoms with Gasteiger partial charge in [0.1, 0.15) is 6.54 Å². The molecule has 4 heteroatoms. The number of carbonyl (C=O) groups is 2. The fourth-order valence-electron chi connectivity index (χ4n) is 3.43. The molecule has 130 valence electrons. The molecule has 1 aliphatic heterocycles. The molecule has 1 heterocycles. The van der Waals surface area contributed by atoms with E-state index in [-0.39, 0.29) is 18.4 Å². The van der Waals surface area contributed by atoms with Gasteiger partial charge in [-0.15, -0.1) is 0 Å². The van der Waals surface area contributed by atoms with Crippen molar-refractivity contribution in [2.45, 2.75) is 33.7 Å². The lowest BCUT2D eigenvalue weighted by molar-refractivity contribution is -0.132. The van der Waals surface area contributed by atoms with Crippen LogP contribution in [0.4, 0.5) is 5.69 Å². The second-order valence-corrected chi connectivity index (χ2v) is 6.79. The van der Waals surface area contributed by atoms with Crippen LogP contribution in [0.1, 0.15) is 29.2 Å². The zero-order chi connectivity index (χ0) is 18.0. The van der Waals surface area contributed by atoms with Crippen LogP contribution in [0.3, 0.4) is 0 Å². The fraction of sp³-hybridized carbons (Fsp3) is 0.333. The van der Waals surface area contributed by atoms with Crippen LogP contribution in [0.25, 0.3) is 0 Å². The molecule has 1 aliphatic rings. The topological polar surface area (TPSA) is 40.6 Å². The van der Waals surface area contributed by atoms with Gasteiger partial charge in [0.2, 0.25) is 11.8 Å². The summed E-state index contributed by atoms with van der Waals surface area (Å²) < 4.78 is 0. The lowest BCUT2D eigenvalue weighted by Crippen LogP contribution is -2.44. The van der Waals surface area contributed by atoms with E-state index in [4.69, 9.17) is 0 Å². The predicted octanol–water partition coefficient (Wildman–Crippen LogP) is 3.24. The van der Waals surface area contributed by atoms with Crippen molar-refractivity contribution in [3.05, 3.63) is 64.7 Å². The summed E-state index contributed by atoms with van der Waals surface area (Å²) in [5.41, 5.74) is 5.46. The summed E-state index contributed by atoms with van der Waals surface area (Å²) >= 11 is 0. The monoisotopic (exact) mass is 336 g/mol. The highest BCUT2D eigenvalue weighted by Gasteiger charge is 2.24. The molecule has 0 N–H and O–H groups in total. The Labute approximate surface area is 149 Å². The third kappa shape index (κ3) is 3.90. The number of benzene rings is 2. The maximum atomic E-state index is 12.8. The molecule has 0 saturated heterocycles. The molecule has 2 aromatic rings. The van der Waals surface area contributed by atoms with Crippen LogP contribution < -0.4 is 4.90 Å². The van der Waals surface area contributed by atoms with E-state index in [2.05, 4.69) is 18.2 Å². The minimum Gasteiger partial charge on any atom is -0.336 e. The van der Waals surface area contributed by atoms with Crippen LogP contribution in [-0.4, -0.2) is 29.8 Å². The van der Waals surface area contributed by atoms with Crippen LogP contribution in [0.5, 0.6) is 0 Å². The van der Waals surface area contributed by atoms with Gasteiger partial charge in [0, 0.05) is 25.7 Å². The maximum Gasteiger partial charge on any atom is 0.242 e. The Bertz CT molecular complexity index is 793. The van der Waals surface area contributed by atoms with Gasteiger partial charge in [0.25, 0.3) is 0 Å². The van der Waals surface area contributed by atoms with E-state index < -0.39 is 0 Å². The van der Waals surface area contributed by atoms with Crippen molar-refractivity contribution in [1.82, 2.24) is 4.90 Å². The average molecular weight is 336 g/mol. The minimum atomic E-state index is -0.115. The molecule has 4 nitrogen and oxygen atoms in total. The summed E-state index contributed by atoms with van der Waals surface area (Å²) in [6.07, 6.45) is 0.867. The van der Waals surface area contributed by atoms with Crippen molar-refractivity contribution in [3.63, 3.8) is 0 Å². The molecule has 3 rings (SSSR count). The van der Waals surface area contributed by atoms with Gasteiger partial charge in [0.05, 0.1) is 0 Å². The van der Waals surface area contributed by atoms with E-state index in [9.17, 15) is 9.59 Å². The van der Waals surface area contributed by atoms with E-state index in [1.807, 2.05) is 43.0 Å². The second kappa shape index (κ2) is 7.09. The number of carbonyl (C=O) groups excluding carboxylic acids is 2. The van der Waals surface area contributed by atoms with Gasteiger partial charge in [-0.1, -0.05) is 30.3 Å². The number of nitrogens with zero attached hydrogens (tertiary/aromatic N) is 2. The number of amides is 2. The van der Waals surface area contributed by atoms with Crippen LogP contribution in [0, 0.1) is 13.8 Å². The van der Waals surface area contributed by atoms with Crippen molar-refractivity contribution in [3.8, 4) is 0 Å². The predicted molar refractivity (Wildman–Crippen MR) is 99.5 cm³/mol. The van der Waals surface area contributed by atoms with Crippen LogP contribution in [-0.2, 0) is 22.6 Å². The first-order valence-corrected chi connectivity index (χ1v) is 8.65. The van der Waals surface area contributed by atoms with Crippen LogP contribution in [0.15, 0.2) is 42.5 Å². The first kappa shape index (κ1) is 17.2. The van der Waals surface area contributed by atoms with E-state index in [0.717, 1.165) is 23.2 Å². The normalized spacial score (nSPS) is 13.3. The Hall–Kier alpha value is -2.62. The highest BCUT2D eigenvalue weighted by molar-refractivity contribution is 5.97. The first-order chi connectivity index (χ1) is 11.9. The molecule has 0 unspecified atom stereocenters. The van der Waals surface area contributed by atoms with Crippen LogP contribution >= 0.6 is 0 Å². The van der Waals surface area contributed by atoms with Crippen molar-refractivity contribution in [2.24, 2.45) is 0 Å². The van der Waals surface area contributed by atoms with Crippen LogP contribution in [0.2, 0.25) is 0 Å². The van der Waals surface area contributed by atoms with Gasteiger partial charge in [-0.05, 0) is 54.7 Å². The number of anilines is 1. The summed E-state index contributed by atoms with van der Waals surface area (Å²) in [7, 11) is 0. The van der Waals surface area contributed by atoms with Crippen molar-refractivity contribution in [2.75, 3.05) is 18.0 Å². The fourth-order valence-corrected chi connectivity index (χ4v) is 3.43. The first-order valence-electron chi connectivity index (χ1n) is 8.65. The van der Waals surface area contributed by atoms with Gasteiger partial charge in [-0.3, -0.25) is 9.59 Å². The summed E-state index contributed by atoms with van der Waals surface area (Å²) in [4.78, 5) is 28.4. The molecule has 0 radical (unpaired) electrons. The summed E-state index contributed by atoms with van der Waals surface area (Å²) in [6, 6.07) is 14.2. The Morgan fingerprint density at radius 2 is 1.68 bits per heavy atom. The van der Waals surface area contributed by atoms with Crippen molar-refractivity contribution < 1.29 is 9.59 Å². The van der Waals surface area contributed by atoms with Crippen molar-refractivity contribution >= 4 is 17.5 Å². The van der Waals surface area contributed by atoms with Gasteiger partial charge >= 0.3 is 0 Å². The highest BCUT2D eigenvalue weighted by atomic mass is 16.2. The number of hydrogen-bond donors (Lipinski definition) is 0. The Morgan fingerprint density at radius 3 is 2.32 bits per heavy atom.